The van der Waals surface area contributed by atoms with Crippen molar-refractivity contribution in [1.29, 1.82) is 0 Å². The second kappa shape index (κ2) is 4.32. The number of rotatable bonds is 1. The Bertz CT molecular complexity index is 931. The first-order valence-corrected chi connectivity index (χ1v) is 7.70. The number of ketones is 2. The van der Waals surface area contributed by atoms with E-state index in [0.29, 0.717) is 35.3 Å². The number of fused-ring (bicyclic) bond motifs is 2. The molecule has 0 amide bonds. The summed E-state index contributed by atoms with van der Waals surface area (Å²) >= 11 is 0. The number of carbonyl (C=O) groups is 2. The van der Waals surface area contributed by atoms with Gasteiger partial charge in [-0.05, 0) is 18.6 Å². The van der Waals surface area contributed by atoms with Crippen LogP contribution in [0.2, 0.25) is 0 Å². The van der Waals surface area contributed by atoms with Crippen molar-refractivity contribution >= 4 is 17.3 Å². The van der Waals surface area contributed by atoms with Crippen molar-refractivity contribution in [2.24, 2.45) is 0 Å². The van der Waals surface area contributed by atoms with E-state index in [2.05, 4.69) is 5.32 Å². The number of furan rings is 1. The lowest BCUT2D eigenvalue weighted by atomic mass is 9.83. The maximum Gasteiger partial charge on any atom is 0.192 e. The van der Waals surface area contributed by atoms with Crippen LogP contribution in [-0.2, 0) is 4.79 Å². The highest BCUT2D eigenvalue weighted by Gasteiger charge is 2.45. The molecule has 2 aliphatic carbocycles. The normalized spacial score (nSPS) is 22.2. The molecule has 1 aliphatic heterocycles. The minimum atomic E-state index is -0.397. The molecule has 0 bridgehead atoms. The lowest BCUT2D eigenvalue weighted by Gasteiger charge is -2.25. The van der Waals surface area contributed by atoms with Crippen LogP contribution in [0.15, 0.2) is 63.9 Å². The van der Waals surface area contributed by atoms with Gasteiger partial charge in [0.2, 0.25) is 0 Å². The summed E-state index contributed by atoms with van der Waals surface area (Å²) in [7, 11) is 0. The Labute approximate surface area is 132 Å². The van der Waals surface area contributed by atoms with Gasteiger partial charge in [0.15, 0.2) is 11.6 Å². The van der Waals surface area contributed by atoms with Gasteiger partial charge in [-0.3, -0.25) is 9.59 Å². The summed E-state index contributed by atoms with van der Waals surface area (Å²) in [5.74, 6) is 0.342. The summed E-state index contributed by atoms with van der Waals surface area (Å²) < 4.78 is 5.58. The molecule has 112 valence electrons. The quantitative estimate of drug-likeness (QED) is 0.879. The molecule has 23 heavy (non-hydrogen) atoms. The third-order valence-electron chi connectivity index (χ3n) is 4.86. The summed E-state index contributed by atoms with van der Waals surface area (Å²) in [6.07, 6.45) is 2.77. The molecule has 0 spiro atoms. The first-order valence-electron chi connectivity index (χ1n) is 7.70. The van der Waals surface area contributed by atoms with Crippen molar-refractivity contribution in [2.75, 3.05) is 0 Å². The van der Waals surface area contributed by atoms with E-state index in [9.17, 15) is 9.59 Å². The zero-order chi connectivity index (χ0) is 15.6. The van der Waals surface area contributed by atoms with Crippen molar-refractivity contribution < 1.29 is 14.0 Å². The largest absolute Gasteiger partial charge is 0.468 e. The van der Waals surface area contributed by atoms with Gasteiger partial charge < -0.3 is 9.73 Å². The Hall–Kier alpha value is -2.88. The second-order valence-electron chi connectivity index (χ2n) is 6.05. The molecule has 1 aromatic carbocycles. The number of hydrogen-bond donors (Lipinski definition) is 1. The van der Waals surface area contributed by atoms with Gasteiger partial charge in [-0.25, -0.2) is 0 Å². The molecule has 0 saturated carbocycles. The van der Waals surface area contributed by atoms with E-state index in [1.54, 1.807) is 12.3 Å². The average Bonchev–Trinajstić information content (AvgIpc) is 3.28. The molecule has 0 saturated heterocycles. The average molecular weight is 303 g/mol. The Morgan fingerprint density at radius 1 is 0.957 bits per heavy atom. The molecule has 4 heteroatoms. The molecule has 4 nitrogen and oxygen atoms in total. The minimum absolute atomic E-state index is 0.0178. The predicted molar refractivity (Wildman–Crippen MR) is 83.5 cm³/mol. The third kappa shape index (κ3) is 1.55. The molecule has 2 heterocycles. The SMILES string of the molecule is O=C1CCC2=C1C(c1ccco1)C1=C(N2)c2ccccc2C1=O. The molecule has 1 N–H and O–H groups in total. The van der Waals surface area contributed by atoms with Gasteiger partial charge in [0.05, 0.1) is 17.9 Å². The van der Waals surface area contributed by atoms with Gasteiger partial charge in [-0.1, -0.05) is 24.3 Å². The fourth-order valence-electron chi connectivity index (χ4n) is 3.89. The Kier molecular flexibility index (Phi) is 2.37. The van der Waals surface area contributed by atoms with E-state index >= 15 is 0 Å². The van der Waals surface area contributed by atoms with Gasteiger partial charge >= 0.3 is 0 Å². The Morgan fingerprint density at radius 2 is 1.78 bits per heavy atom. The topological polar surface area (TPSA) is 59.3 Å². The third-order valence-corrected chi connectivity index (χ3v) is 4.86. The molecule has 0 fully saturated rings. The molecule has 5 rings (SSSR count). The predicted octanol–water partition coefficient (Wildman–Crippen LogP) is 3.19. The van der Waals surface area contributed by atoms with Crippen molar-refractivity contribution in [3.05, 3.63) is 76.4 Å². The van der Waals surface area contributed by atoms with Gasteiger partial charge in [0.1, 0.15) is 5.76 Å². The second-order valence-corrected chi connectivity index (χ2v) is 6.05. The zero-order valence-corrected chi connectivity index (χ0v) is 12.3. The highest BCUT2D eigenvalue weighted by molar-refractivity contribution is 6.23. The van der Waals surface area contributed by atoms with E-state index in [-0.39, 0.29) is 11.6 Å². The van der Waals surface area contributed by atoms with Crippen LogP contribution in [0.4, 0.5) is 0 Å². The highest BCUT2D eigenvalue weighted by Crippen LogP contribution is 2.49. The van der Waals surface area contributed by atoms with Gasteiger partial charge in [0.25, 0.3) is 0 Å². The molecular weight excluding hydrogens is 290 g/mol. The Balaban J connectivity index is 1.77. The van der Waals surface area contributed by atoms with Crippen molar-refractivity contribution in [3.63, 3.8) is 0 Å². The maximum absolute atomic E-state index is 13.0. The van der Waals surface area contributed by atoms with Gasteiger partial charge in [0, 0.05) is 34.4 Å². The number of carbonyl (C=O) groups excluding carboxylic acids is 2. The summed E-state index contributed by atoms with van der Waals surface area (Å²) in [5, 5.41) is 3.36. The monoisotopic (exact) mass is 303 g/mol. The molecule has 1 aromatic heterocycles. The summed E-state index contributed by atoms with van der Waals surface area (Å²) in [6.45, 7) is 0. The summed E-state index contributed by atoms with van der Waals surface area (Å²) in [4.78, 5) is 25.4. The van der Waals surface area contributed by atoms with E-state index in [1.165, 1.54) is 0 Å². The number of hydrogen-bond acceptors (Lipinski definition) is 4. The van der Waals surface area contributed by atoms with Crippen LogP contribution in [0.3, 0.4) is 0 Å². The first-order chi connectivity index (χ1) is 11.3. The zero-order valence-electron chi connectivity index (χ0n) is 12.3. The van der Waals surface area contributed by atoms with Gasteiger partial charge in [-0.2, -0.15) is 0 Å². The van der Waals surface area contributed by atoms with E-state index in [4.69, 9.17) is 4.42 Å². The van der Waals surface area contributed by atoms with Crippen LogP contribution in [0.25, 0.3) is 5.70 Å². The lowest BCUT2D eigenvalue weighted by molar-refractivity contribution is -0.115. The molecule has 1 atom stereocenters. The standard InChI is InChI=1S/C19H13NO3/c21-13-8-7-12-15(13)16(14-6-3-9-23-14)17-18(20-12)10-4-1-2-5-11(10)19(17)22/h1-6,9,16,20H,7-8H2. The molecule has 0 radical (unpaired) electrons. The fourth-order valence-corrected chi connectivity index (χ4v) is 3.89. The summed E-state index contributed by atoms with van der Waals surface area (Å²) in [5.41, 5.74) is 4.69. The van der Waals surface area contributed by atoms with Crippen molar-refractivity contribution in [2.45, 2.75) is 18.8 Å². The fraction of sp³-hybridized carbons (Fsp3) is 0.158. The van der Waals surface area contributed by atoms with Crippen LogP contribution in [0.5, 0.6) is 0 Å². The van der Waals surface area contributed by atoms with Crippen molar-refractivity contribution in [3.8, 4) is 0 Å². The maximum atomic E-state index is 13.0. The smallest absolute Gasteiger partial charge is 0.192 e. The first kappa shape index (κ1) is 12.6. The van der Waals surface area contributed by atoms with Crippen LogP contribution >= 0.6 is 0 Å². The molecule has 2 aromatic rings. The minimum Gasteiger partial charge on any atom is -0.468 e. The molecule has 3 aliphatic rings. The molecule has 1 unspecified atom stereocenters. The number of Topliss-reactive ketones (excluding diaryl/α,β-unsaturated/α-hetero) is 2. The lowest BCUT2D eigenvalue weighted by Crippen LogP contribution is -2.25. The number of benzene rings is 1. The Morgan fingerprint density at radius 3 is 2.57 bits per heavy atom. The van der Waals surface area contributed by atoms with Gasteiger partial charge in [-0.15, -0.1) is 0 Å². The number of nitrogens with one attached hydrogen (secondary N) is 1. The summed E-state index contributed by atoms with van der Waals surface area (Å²) in [6, 6.07) is 11.2. The van der Waals surface area contributed by atoms with E-state index in [0.717, 1.165) is 17.0 Å². The van der Waals surface area contributed by atoms with Crippen LogP contribution in [0.1, 0.15) is 40.4 Å². The van der Waals surface area contributed by atoms with Crippen LogP contribution in [-0.4, -0.2) is 11.6 Å². The number of dihydropyridines is 1. The van der Waals surface area contributed by atoms with E-state index in [1.807, 2.05) is 30.3 Å². The van der Waals surface area contributed by atoms with Crippen molar-refractivity contribution in [1.82, 2.24) is 5.32 Å². The number of allylic oxidation sites excluding steroid dienone is 3. The van der Waals surface area contributed by atoms with Crippen LogP contribution < -0.4 is 5.32 Å². The molecular formula is C19H13NO3. The highest BCUT2D eigenvalue weighted by atomic mass is 16.3. The van der Waals surface area contributed by atoms with Crippen LogP contribution in [0, 0.1) is 0 Å². The van der Waals surface area contributed by atoms with E-state index < -0.39 is 5.92 Å².